The Hall–Kier alpha value is -1.69. The maximum Gasteiger partial charge on any atom is 0.101 e. The fourth-order valence-electron chi connectivity index (χ4n) is 2.13. The van der Waals surface area contributed by atoms with Crippen LogP contribution in [0.2, 0.25) is 0 Å². The standard InChI is InChI=1S/C14H21N3/c1-4-11(5-2)10(3)17-13-7-6-12(9-15)14(16)8-13/h6-8,10-11,17H,4-5,16H2,1-3H3. The highest BCUT2D eigenvalue weighted by Crippen LogP contribution is 2.21. The molecule has 3 heteroatoms. The molecule has 0 saturated heterocycles. The molecular formula is C14H21N3. The third-order valence-corrected chi connectivity index (χ3v) is 3.32. The van der Waals surface area contributed by atoms with Crippen molar-refractivity contribution in [2.24, 2.45) is 5.92 Å². The van der Waals surface area contributed by atoms with Gasteiger partial charge in [0.15, 0.2) is 0 Å². The number of nitriles is 1. The minimum Gasteiger partial charge on any atom is -0.398 e. The van der Waals surface area contributed by atoms with Crippen molar-refractivity contribution in [1.82, 2.24) is 0 Å². The van der Waals surface area contributed by atoms with Crippen molar-refractivity contribution in [3.05, 3.63) is 23.8 Å². The van der Waals surface area contributed by atoms with Crippen LogP contribution >= 0.6 is 0 Å². The predicted octanol–water partition coefficient (Wildman–Crippen LogP) is 3.38. The summed E-state index contributed by atoms with van der Waals surface area (Å²) in [6.07, 6.45) is 2.33. The van der Waals surface area contributed by atoms with E-state index in [0.717, 1.165) is 18.5 Å². The molecule has 0 heterocycles. The SMILES string of the molecule is CCC(CC)C(C)Nc1ccc(C#N)c(N)c1. The van der Waals surface area contributed by atoms with Gasteiger partial charge in [0, 0.05) is 11.7 Å². The molecule has 0 bridgehead atoms. The Morgan fingerprint density at radius 2 is 2.00 bits per heavy atom. The van der Waals surface area contributed by atoms with Crippen LogP contribution in [0, 0.1) is 17.2 Å². The summed E-state index contributed by atoms with van der Waals surface area (Å²) < 4.78 is 0. The first kappa shape index (κ1) is 13.4. The first-order valence-corrected chi connectivity index (χ1v) is 6.18. The predicted molar refractivity (Wildman–Crippen MR) is 72.7 cm³/mol. The quantitative estimate of drug-likeness (QED) is 0.764. The molecule has 0 saturated carbocycles. The second-order valence-corrected chi connectivity index (χ2v) is 4.42. The average molecular weight is 231 g/mol. The number of hydrogen-bond acceptors (Lipinski definition) is 3. The minimum atomic E-state index is 0.414. The number of anilines is 2. The van der Waals surface area contributed by atoms with E-state index in [1.807, 2.05) is 12.1 Å². The lowest BCUT2D eigenvalue weighted by Crippen LogP contribution is -2.25. The molecule has 1 rings (SSSR count). The van der Waals surface area contributed by atoms with E-state index >= 15 is 0 Å². The molecule has 0 aliphatic rings. The largest absolute Gasteiger partial charge is 0.398 e. The highest BCUT2D eigenvalue weighted by molar-refractivity contribution is 5.62. The van der Waals surface area contributed by atoms with Crippen LogP contribution in [0.5, 0.6) is 0 Å². The zero-order valence-electron chi connectivity index (χ0n) is 10.8. The summed E-state index contributed by atoms with van der Waals surface area (Å²) in [5.74, 6) is 0.659. The van der Waals surface area contributed by atoms with Crippen molar-refractivity contribution in [3.8, 4) is 6.07 Å². The molecule has 0 spiro atoms. The zero-order chi connectivity index (χ0) is 12.8. The fourth-order valence-corrected chi connectivity index (χ4v) is 2.13. The first-order valence-electron chi connectivity index (χ1n) is 6.18. The van der Waals surface area contributed by atoms with Gasteiger partial charge in [-0.3, -0.25) is 0 Å². The second-order valence-electron chi connectivity index (χ2n) is 4.42. The van der Waals surface area contributed by atoms with E-state index in [4.69, 9.17) is 11.0 Å². The second kappa shape index (κ2) is 6.15. The van der Waals surface area contributed by atoms with Gasteiger partial charge in [0.05, 0.1) is 11.3 Å². The van der Waals surface area contributed by atoms with Crippen molar-refractivity contribution in [2.75, 3.05) is 11.1 Å². The molecule has 1 atom stereocenters. The molecule has 1 unspecified atom stereocenters. The van der Waals surface area contributed by atoms with Crippen LogP contribution in [0.3, 0.4) is 0 Å². The number of rotatable bonds is 5. The van der Waals surface area contributed by atoms with E-state index in [-0.39, 0.29) is 0 Å². The van der Waals surface area contributed by atoms with E-state index in [2.05, 4.69) is 32.2 Å². The molecule has 0 aromatic heterocycles. The smallest absolute Gasteiger partial charge is 0.101 e. The fraction of sp³-hybridized carbons (Fsp3) is 0.500. The van der Waals surface area contributed by atoms with Crippen molar-refractivity contribution in [1.29, 1.82) is 5.26 Å². The van der Waals surface area contributed by atoms with Gasteiger partial charge in [-0.1, -0.05) is 26.7 Å². The summed E-state index contributed by atoms with van der Waals surface area (Å²) >= 11 is 0. The average Bonchev–Trinajstić information content (AvgIpc) is 2.31. The van der Waals surface area contributed by atoms with Gasteiger partial charge >= 0.3 is 0 Å². The maximum absolute atomic E-state index is 8.81. The molecule has 92 valence electrons. The van der Waals surface area contributed by atoms with Crippen molar-refractivity contribution in [2.45, 2.75) is 39.7 Å². The molecular weight excluding hydrogens is 210 g/mol. The monoisotopic (exact) mass is 231 g/mol. The molecule has 3 nitrogen and oxygen atoms in total. The zero-order valence-corrected chi connectivity index (χ0v) is 10.8. The highest BCUT2D eigenvalue weighted by atomic mass is 14.9. The van der Waals surface area contributed by atoms with Gasteiger partial charge < -0.3 is 11.1 Å². The van der Waals surface area contributed by atoms with Gasteiger partial charge in [0.2, 0.25) is 0 Å². The molecule has 1 aromatic rings. The van der Waals surface area contributed by atoms with Gasteiger partial charge in [-0.25, -0.2) is 0 Å². The minimum absolute atomic E-state index is 0.414. The van der Waals surface area contributed by atoms with Gasteiger partial charge in [-0.05, 0) is 31.0 Å². The topological polar surface area (TPSA) is 61.8 Å². The lowest BCUT2D eigenvalue weighted by Gasteiger charge is -2.23. The van der Waals surface area contributed by atoms with Crippen LogP contribution in [-0.4, -0.2) is 6.04 Å². The molecule has 0 aliphatic heterocycles. The Labute approximate surface area is 104 Å². The Bertz CT molecular complexity index is 402. The van der Waals surface area contributed by atoms with Crippen LogP contribution in [0.1, 0.15) is 39.2 Å². The van der Waals surface area contributed by atoms with Gasteiger partial charge in [0.25, 0.3) is 0 Å². The third-order valence-electron chi connectivity index (χ3n) is 3.32. The Morgan fingerprint density at radius 3 is 2.47 bits per heavy atom. The van der Waals surface area contributed by atoms with Crippen LogP contribution < -0.4 is 11.1 Å². The van der Waals surface area contributed by atoms with Crippen LogP contribution in [-0.2, 0) is 0 Å². The van der Waals surface area contributed by atoms with E-state index < -0.39 is 0 Å². The number of nitrogens with one attached hydrogen (secondary N) is 1. The van der Waals surface area contributed by atoms with Gasteiger partial charge in [-0.2, -0.15) is 5.26 Å². The van der Waals surface area contributed by atoms with E-state index in [9.17, 15) is 0 Å². The van der Waals surface area contributed by atoms with E-state index in [1.165, 1.54) is 0 Å². The molecule has 17 heavy (non-hydrogen) atoms. The first-order chi connectivity index (χ1) is 8.12. The lowest BCUT2D eigenvalue weighted by molar-refractivity contribution is 0.438. The molecule has 0 fully saturated rings. The van der Waals surface area contributed by atoms with Crippen LogP contribution in [0.25, 0.3) is 0 Å². The molecule has 0 radical (unpaired) electrons. The van der Waals surface area contributed by atoms with Crippen molar-refractivity contribution < 1.29 is 0 Å². The Morgan fingerprint density at radius 1 is 1.35 bits per heavy atom. The number of hydrogen-bond donors (Lipinski definition) is 2. The van der Waals surface area contributed by atoms with Gasteiger partial charge in [-0.15, -0.1) is 0 Å². The normalized spacial score (nSPS) is 12.2. The summed E-state index contributed by atoms with van der Waals surface area (Å²) in [5, 5.41) is 12.3. The summed E-state index contributed by atoms with van der Waals surface area (Å²) in [5.41, 5.74) is 7.84. The summed E-state index contributed by atoms with van der Waals surface area (Å²) in [6.45, 7) is 6.60. The summed E-state index contributed by atoms with van der Waals surface area (Å²) in [6, 6.07) is 7.98. The summed E-state index contributed by atoms with van der Waals surface area (Å²) in [7, 11) is 0. The third kappa shape index (κ3) is 3.39. The Balaban J connectivity index is 2.76. The van der Waals surface area contributed by atoms with Crippen molar-refractivity contribution in [3.63, 3.8) is 0 Å². The van der Waals surface area contributed by atoms with E-state index in [1.54, 1.807) is 6.07 Å². The van der Waals surface area contributed by atoms with Crippen molar-refractivity contribution >= 4 is 11.4 Å². The number of nitrogen functional groups attached to an aromatic ring is 1. The maximum atomic E-state index is 8.81. The summed E-state index contributed by atoms with van der Waals surface area (Å²) in [4.78, 5) is 0. The highest BCUT2D eigenvalue weighted by Gasteiger charge is 2.13. The number of nitrogens with zero attached hydrogens (tertiary/aromatic N) is 1. The van der Waals surface area contributed by atoms with Crippen LogP contribution in [0.4, 0.5) is 11.4 Å². The van der Waals surface area contributed by atoms with E-state index in [0.29, 0.717) is 23.2 Å². The molecule has 1 aromatic carbocycles. The lowest BCUT2D eigenvalue weighted by atomic mass is 9.95. The molecule has 0 amide bonds. The molecule has 3 N–H and O–H groups in total. The van der Waals surface area contributed by atoms with Gasteiger partial charge in [0.1, 0.15) is 6.07 Å². The van der Waals surface area contributed by atoms with Crippen LogP contribution in [0.15, 0.2) is 18.2 Å². The number of benzene rings is 1. The number of nitrogens with two attached hydrogens (primary N) is 1. The molecule has 0 aliphatic carbocycles. The Kier molecular flexibility index (Phi) is 4.84.